The summed E-state index contributed by atoms with van der Waals surface area (Å²) in [5, 5.41) is 7.68. The van der Waals surface area contributed by atoms with Crippen LogP contribution in [0.4, 0.5) is 0 Å². The Labute approximate surface area is 184 Å². The molecule has 0 aliphatic carbocycles. The molecule has 1 fully saturated rings. The number of rotatable bonds is 6. The minimum Gasteiger partial charge on any atom is -0.490 e. The molecule has 0 radical (unpaired) electrons. The molecule has 1 N–H and O–H groups in total. The Morgan fingerprint density at radius 1 is 1.17 bits per heavy atom. The van der Waals surface area contributed by atoms with E-state index >= 15 is 0 Å². The quantitative estimate of drug-likeness (QED) is 0.756. The smallest absolute Gasteiger partial charge is 0.227 e. The highest BCUT2D eigenvalue weighted by Crippen LogP contribution is 2.35. The SMILES string of the molecule is CCOc1cc2c(cc1OCC)CN(C(=O)[C@H]1CNC[C@@H]1c1cnn(C)c1)CC2.Cl. The second kappa shape index (κ2) is 9.71. The topological polar surface area (TPSA) is 68.6 Å². The number of fused-ring (bicyclic) bond motifs is 1. The van der Waals surface area contributed by atoms with Crippen LogP contribution in [0.25, 0.3) is 0 Å². The lowest BCUT2D eigenvalue weighted by molar-refractivity contribution is -0.136. The molecule has 0 bridgehead atoms. The number of ether oxygens (including phenoxy) is 2. The van der Waals surface area contributed by atoms with Crippen molar-refractivity contribution in [2.45, 2.75) is 32.7 Å². The van der Waals surface area contributed by atoms with Crippen LogP contribution in [0.5, 0.6) is 11.5 Å². The van der Waals surface area contributed by atoms with Gasteiger partial charge in [0.2, 0.25) is 5.91 Å². The van der Waals surface area contributed by atoms with Crippen LogP contribution < -0.4 is 14.8 Å². The molecular formula is C22H31ClN4O3. The Hall–Kier alpha value is -2.25. The van der Waals surface area contributed by atoms with E-state index in [2.05, 4.69) is 22.5 Å². The van der Waals surface area contributed by atoms with E-state index in [-0.39, 0.29) is 30.2 Å². The third kappa shape index (κ3) is 4.42. The van der Waals surface area contributed by atoms with Crippen LogP contribution in [0, 0.1) is 5.92 Å². The van der Waals surface area contributed by atoms with E-state index in [1.54, 1.807) is 4.68 Å². The fraction of sp³-hybridized carbons (Fsp3) is 0.545. The molecule has 2 aliphatic heterocycles. The number of aromatic nitrogens is 2. The van der Waals surface area contributed by atoms with Gasteiger partial charge in [0, 0.05) is 45.3 Å². The van der Waals surface area contributed by atoms with Gasteiger partial charge < -0.3 is 19.7 Å². The molecule has 164 valence electrons. The van der Waals surface area contributed by atoms with Crippen LogP contribution in [-0.4, -0.2) is 53.4 Å². The summed E-state index contributed by atoms with van der Waals surface area (Å²) in [4.78, 5) is 15.4. The number of nitrogens with one attached hydrogen (secondary N) is 1. The first-order valence-electron chi connectivity index (χ1n) is 10.5. The van der Waals surface area contributed by atoms with Gasteiger partial charge in [-0.25, -0.2) is 0 Å². The monoisotopic (exact) mass is 434 g/mol. The number of halogens is 1. The van der Waals surface area contributed by atoms with Crippen LogP contribution in [0.15, 0.2) is 24.5 Å². The van der Waals surface area contributed by atoms with Crippen molar-refractivity contribution in [1.82, 2.24) is 20.0 Å². The Balaban J connectivity index is 0.00000256. The van der Waals surface area contributed by atoms with E-state index in [0.29, 0.717) is 19.8 Å². The van der Waals surface area contributed by atoms with Crippen LogP contribution >= 0.6 is 12.4 Å². The first kappa shape index (κ1) is 22.4. The third-order valence-corrected chi connectivity index (χ3v) is 5.87. The largest absolute Gasteiger partial charge is 0.490 e. The van der Waals surface area contributed by atoms with E-state index in [0.717, 1.165) is 48.7 Å². The van der Waals surface area contributed by atoms with E-state index in [9.17, 15) is 4.79 Å². The predicted molar refractivity (Wildman–Crippen MR) is 117 cm³/mol. The van der Waals surface area contributed by atoms with Crippen molar-refractivity contribution in [2.24, 2.45) is 13.0 Å². The van der Waals surface area contributed by atoms with Crippen molar-refractivity contribution in [3.8, 4) is 11.5 Å². The molecule has 0 saturated carbocycles. The van der Waals surface area contributed by atoms with Gasteiger partial charge in [-0.2, -0.15) is 5.10 Å². The molecule has 7 nitrogen and oxygen atoms in total. The Bertz CT molecular complexity index is 885. The highest BCUT2D eigenvalue weighted by Gasteiger charge is 2.38. The van der Waals surface area contributed by atoms with Crippen molar-refractivity contribution in [2.75, 3.05) is 32.8 Å². The maximum atomic E-state index is 13.4. The molecular weight excluding hydrogens is 404 g/mol. The molecule has 8 heteroatoms. The van der Waals surface area contributed by atoms with Crippen molar-refractivity contribution < 1.29 is 14.3 Å². The van der Waals surface area contributed by atoms with E-state index in [4.69, 9.17) is 9.47 Å². The number of nitrogens with zero attached hydrogens (tertiary/aromatic N) is 3. The van der Waals surface area contributed by atoms with Gasteiger partial charge in [-0.1, -0.05) is 0 Å². The number of aryl methyl sites for hydroxylation is 1. The minimum absolute atomic E-state index is 0. The zero-order valence-electron chi connectivity index (χ0n) is 17.9. The number of carbonyl (C=O) groups excluding carboxylic acids is 1. The number of carbonyl (C=O) groups is 1. The van der Waals surface area contributed by atoms with Crippen molar-refractivity contribution >= 4 is 18.3 Å². The molecule has 2 aliphatic rings. The molecule has 1 saturated heterocycles. The maximum Gasteiger partial charge on any atom is 0.227 e. The fourth-order valence-corrected chi connectivity index (χ4v) is 4.44. The van der Waals surface area contributed by atoms with Gasteiger partial charge >= 0.3 is 0 Å². The van der Waals surface area contributed by atoms with Crippen LogP contribution in [0.3, 0.4) is 0 Å². The van der Waals surface area contributed by atoms with Gasteiger partial charge in [0.15, 0.2) is 11.5 Å². The number of hydrogen-bond donors (Lipinski definition) is 1. The lowest BCUT2D eigenvalue weighted by atomic mass is 9.88. The first-order valence-corrected chi connectivity index (χ1v) is 10.5. The normalized spacial score (nSPS) is 20.4. The fourth-order valence-electron chi connectivity index (χ4n) is 4.44. The summed E-state index contributed by atoms with van der Waals surface area (Å²) in [6.07, 6.45) is 4.74. The Kier molecular flexibility index (Phi) is 7.26. The summed E-state index contributed by atoms with van der Waals surface area (Å²) < 4.78 is 13.3. The summed E-state index contributed by atoms with van der Waals surface area (Å²) in [6.45, 7) is 8.03. The summed E-state index contributed by atoms with van der Waals surface area (Å²) in [7, 11) is 1.91. The van der Waals surface area contributed by atoms with Gasteiger partial charge in [-0.05, 0) is 49.1 Å². The summed E-state index contributed by atoms with van der Waals surface area (Å²) >= 11 is 0. The van der Waals surface area contributed by atoms with E-state index in [1.165, 1.54) is 5.56 Å². The lowest BCUT2D eigenvalue weighted by Crippen LogP contribution is -2.41. The van der Waals surface area contributed by atoms with Crippen molar-refractivity contribution in [3.05, 3.63) is 41.2 Å². The second-order valence-electron chi connectivity index (χ2n) is 7.76. The number of hydrogen-bond acceptors (Lipinski definition) is 5. The van der Waals surface area contributed by atoms with Gasteiger partial charge in [0.1, 0.15) is 0 Å². The van der Waals surface area contributed by atoms with Crippen LogP contribution in [0.1, 0.15) is 36.5 Å². The molecule has 1 amide bonds. The highest BCUT2D eigenvalue weighted by molar-refractivity contribution is 5.85. The number of benzene rings is 1. The molecule has 30 heavy (non-hydrogen) atoms. The third-order valence-electron chi connectivity index (χ3n) is 5.87. The van der Waals surface area contributed by atoms with Gasteiger partial charge in [-0.15, -0.1) is 12.4 Å². The van der Waals surface area contributed by atoms with Gasteiger partial charge in [0.25, 0.3) is 0 Å². The highest BCUT2D eigenvalue weighted by atomic mass is 35.5. The van der Waals surface area contributed by atoms with Crippen LogP contribution in [-0.2, 0) is 24.8 Å². The molecule has 0 unspecified atom stereocenters. The maximum absolute atomic E-state index is 13.4. The molecule has 1 aromatic carbocycles. The van der Waals surface area contributed by atoms with Gasteiger partial charge in [0.05, 0.1) is 25.3 Å². The number of amides is 1. The van der Waals surface area contributed by atoms with Crippen LogP contribution in [0.2, 0.25) is 0 Å². The molecule has 2 aromatic rings. The molecule has 4 rings (SSSR count). The van der Waals surface area contributed by atoms with Gasteiger partial charge in [-0.3, -0.25) is 9.48 Å². The summed E-state index contributed by atoms with van der Waals surface area (Å²) in [5.41, 5.74) is 3.53. The van der Waals surface area contributed by atoms with Crippen molar-refractivity contribution in [1.29, 1.82) is 0 Å². The molecule has 2 atom stereocenters. The zero-order valence-corrected chi connectivity index (χ0v) is 18.7. The summed E-state index contributed by atoms with van der Waals surface area (Å²) in [6, 6.07) is 4.13. The zero-order chi connectivity index (χ0) is 20.4. The molecule has 0 spiro atoms. The van der Waals surface area contributed by atoms with E-state index in [1.807, 2.05) is 38.2 Å². The summed E-state index contributed by atoms with van der Waals surface area (Å²) in [5.74, 6) is 1.91. The predicted octanol–water partition coefficient (Wildman–Crippen LogP) is 2.53. The first-order chi connectivity index (χ1) is 14.1. The van der Waals surface area contributed by atoms with Crippen molar-refractivity contribution in [3.63, 3.8) is 0 Å². The Morgan fingerprint density at radius 2 is 1.87 bits per heavy atom. The Morgan fingerprint density at radius 3 is 2.50 bits per heavy atom. The second-order valence-corrected chi connectivity index (χ2v) is 7.76. The average molecular weight is 435 g/mol. The van der Waals surface area contributed by atoms with E-state index < -0.39 is 0 Å². The molecule has 3 heterocycles. The minimum atomic E-state index is -0.0465. The molecule has 1 aromatic heterocycles. The standard InChI is InChI=1S/C22H30N4O3.ClH/c1-4-28-20-8-15-6-7-26(14-16(15)9-21(20)29-5-2)22(27)19-12-23-11-18(19)17-10-24-25(3)13-17;/h8-10,13,18-19,23H,4-7,11-12,14H2,1-3H3;1H/t18-,19+;/m1./s1. The average Bonchev–Trinajstić information content (AvgIpc) is 3.36. The lowest BCUT2D eigenvalue weighted by Gasteiger charge is -2.32.